The molecule has 6 nitrogen and oxygen atoms in total. The summed E-state index contributed by atoms with van der Waals surface area (Å²) in [6, 6.07) is 9.36. The van der Waals surface area contributed by atoms with Gasteiger partial charge in [-0.15, -0.1) is 0 Å². The molecule has 0 aliphatic rings. The molecule has 0 bridgehead atoms. The Kier molecular flexibility index (Phi) is 4.33. The minimum atomic E-state index is -0.397. The van der Waals surface area contributed by atoms with Crippen molar-refractivity contribution in [2.45, 2.75) is 13.8 Å². The number of nitrogens with zero attached hydrogens (tertiary/aromatic N) is 1. The minimum absolute atomic E-state index is 0.214. The third-order valence-electron chi connectivity index (χ3n) is 3.41. The largest absolute Gasteiger partial charge is 0.460 e. The lowest BCUT2D eigenvalue weighted by atomic mass is 10.2. The summed E-state index contributed by atoms with van der Waals surface area (Å²) in [6.07, 6.45) is 0. The van der Waals surface area contributed by atoms with Crippen molar-refractivity contribution in [2.24, 2.45) is 0 Å². The number of furan rings is 1. The molecular weight excluding hydrogens is 311 g/mol. The number of carbonyl (C=O) groups excluding carboxylic acids is 1. The van der Waals surface area contributed by atoms with Gasteiger partial charge in [0.15, 0.2) is 11.5 Å². The van der Waals surface area contributed by atoms with Crippen LogP contribution in [0, 0.1) is 12.7 Å². The number of amides is 1. The molecule has 0 fully saturated rings. The van der Waals surface area contributed by atoms with Gasteiger partial charge in [0.25, 0.3) is 5.91 Å². The third-order valence-corrected chi connectivity index (χ3v) is 3.41. The molecule has 0 atom stereocenters. The smallest absolute Gasteiger partial charge is 0.276 e. The maximum atomic E-state index is 13.3. The molecule has 0 unspecified atom stereocenters. The topological polar surface area (TPSA) is 83.0 Å². The summed E-state index contributed by atoms with van der Waals surface area (Å²) in [7, 11) is 0. The lowest BCUT2D eigenvalue weighted by Gasteiger charge is -2.11. The first kappa shape index (κ1) is 15.8. The highest BCUT2D eigenvalue weighted by atomic mass is 19.1. The fraction of sp³-hybridized carbons (Fsp3) is 0.176. The molecule has 1 amide bonds. The maximum Gasteiger partial charge on any atom is 0.276 e. The van der Waals surface area contributed by atoms with Crippen molar-refractivity contribution in [3.8, 4) is 11.5 Å². The molecule has 0 saturated heterocycles. The number of nitrogens with one attached hydrogen (secondary N) is 3. The highest BCUT2D eigenvalue weighted by Gasteiger charge is 2.15. The van der Waals surface area contributed by atoms with E-state index in [0.717, 1.165) is 5.76 Å². The Bertz CT molecular complexity index is 869. The van der Waals surface area contributed by atoms with E-state index in [1.807, 2.05) is 19.9 Å². The zero-order chi connectivity index (χ0) is 17.1. The molecule has 7 heteroatoms. The number of H-pyrrole nitrogens is 1. The number of aromatic nitrogens is 2. The van der Waals surface area contributed by atoms with Gasteiger partial charge in [0.2, 0.25) is 0 Å². The molecule has 24 heavy (non-hydrogen) atoms. The highest BCUT2D eigenvalue weighted by Crippen LogP contribution is 2.24. The highest BCUT2D eigenvalue weighted by molar-refractivity contribution is 6.05. The SMILES string of the molecule is CCNc1cc(F)ccc1NC(=O)c1cc(-c2ccc(C)o2)[nH]n1. The van der Waals surface area contributed by atoms with Crippen molar-refractivity contribution in [1.29, 1.82) is 0 Å². The molecule has 0 saturated carbocycles. The van der Waals surface area contributed by atoms with Crippen LogP contribution in [0.2, 0.25) is 0 Å². The molecule has 0 spiro atoms. The second-order valence-electron chi connectivity index (χ2n) is 5.25. The Morgan fingerprint density at radius 2 is 2.08 bits per heavy atom. The predicted molar refractivity (Wildman–Crippen MR) is 89.5 cm³/mol. The van der Waals surface area contributed by atoms with Gasteiger partial charge in [0.1, 0.15) is 17.3 Å². The second kappa shape index (κ2) is 6.57. The molecule has 124 valence electrons. The van der Waals surface area contributed by atoms with Crippen molar-refractivity contribution in [3.63, 3.8) is 0 Å². The van der Waals surface area contributed by atoms with E-state index in [1.54, 1.807) is 12.1 Å². The summed E-state index contributed by atoms with van der Waals surface area (Å²) in [4.78, 5) is 12.4. The fourth-order valence-corrected chi connectivity index (χ4v) is 2.29. The number of aryl methyl sites for hydroxylation is 1. The number of carbonyl (C=O) groups is 1. The molecule has 0 aliphatic heterocycles. The van der Waals surface area contributed by atoms with Gasteiger partial charge in [-0.3, -0.25) is 9.89 Å². The van der Waals surface area contributed by atoms with Crippen molar-refractivity contribution in [3.05, 3.63) is 53.7 Å². The number of hydrogen-bond acceptors (Lipinski definition) is 4. The van der Waals surface area contributed by atoms with E-state index in [2.05, 4.69) is 20.8 Å². The lowest BCUT2D eigenvalue weighted by Crippen LogP contribution is -2.14. The van der Waals surface area contributed by atoms with Crippen LogP contribution >= 0.6 is 0 Å². The average Bonchev–Trinajstić information content (AvgIpc) is 3.19. The monoisotopic (exact) mass is 328 g/mol. The number of aromatic amines is 1. The van der Waals surface area contributed by atoms with Crippen LogP contribution in [0.1, 0.15) is 23.2 Å². The minimum Gasteiger partial charge on any atom is -0.460 e. The zero-order valence-electron chi connectivity index (χ0n) is 13.3. The predicted octanol–water partition coefficient (Wildman–Crippen LogP) is 3.80. The van der Waals surface area contributed by atoms with E-state index in [-0.39, 0.29) is 11.5 Å². The van der Waals surface area contributed by atoms with Crippen LogP contribution in [0.25, 0.3) is 11.5 Å². The van der Waals surface area contributed by atoms with Crippen LogP contribution < -0.4 is 10.6 Å². The zero-order valence-corrected chi connectivity index (χ0v) is 13.3. The first-order valence-electron chi connectivity index (χ1n) is 7.54. The number of rotatable bonds is 5. The van der Waals surface area contributed by atoms with E-state index in [4.69, 9.17) is 4.42 Å². The number of halogens is 1. The Morgan fingerprint density at radius 3 is 2.79 bits per heavy atom. The van der Waals surface area contributed by atoms with Crippen LogP contribution in [0.5, 0.6) is 0 Å². The molecule has 1 aromatic carbocycles. The van der Waals surface area contributed by atoms with E-state index < -0.39 is 5.91 Å². The number of anilines is 2. The van der Waals surface area contributed by atoms with E-state index in [1.165, 1.54) is 18.2 Å². The Labute approximate surface area is 138 Å². The van der Waals surface area contributed by atoms with E-state index >= 15 is 0 Å². The lowest BCUT2D eigenvalue weighted by molar-refractivity contribution is 0.102. The first-order chi connectivity index (χ1) is 11.6. The van der Waals surface area contributed by atoms with Gasteiger partial charge in [0.05, 0.1) is 11.4 Å². The summed E-state index contributed by atoms with van der Waals surface area (Å²) in [5.41, 5.74) is 1.83. The number of benzene rings is 1. The normalized spacial score (nSPS) is 10.6. The average molecular weight is 328 g/mol. The molecule has 2 heterocycles. The summed E-state index contributed by atoms with van der Waals surface area (Å²) in [6.45, 7) is 4.34. The van der Waals surface area contributed by atoms with Gasteiger partial charge in [-0.1, -0.05) is 0 Å². The second-order valence-corrected chi connectivity index (χ2v) is 5.25. The van der Waals surface area contributed by atoms with Crippen molar-refractivity contribution < 1.29 is 13.6 Å². The molecular formula is C17H17FN4O2. The summed E-state index contributed by atoms with van der Waals surface area (Å²) < 4.78 is 18.8. The van der Waals surface area contributed by atoms with Crippen LogP contribution in [0.4, 0.5) is 15.8 Å². The maximum absolute atomic E-state index is 13.3. The van der Waals surface area contributed by atoms with Crippen molar-refractivity contribution >= 4 is 17.3 Å². The molecule has 2 aromatic heterocycles. The van der Waals surface area contributed by atoms with Gasteiger partial charge < -0.3 is 15.1 Å². The van der Waals surface area contributed by atoms with Crippen molar-refractivity contribution in [1.82, 2.24) is 10.2 Å². The molecule has 3 N–H and O–H groups in total. The summed E-state index contributed by atoms with van der Waals surface area (Å²) >= 11 is 0. The van der Waals surface area contributed by atoms with Gasteiger partial charge >= 0.3 is 0 Å². The quantitative estimate of drug-likeness (QED) is 0.665. The van der Waals surface area contributed by atoms with Gasteiger partial charge in [0, 0.05) is 12.6 Å². The van der Waals surface area contributed by atoms with Crippen LogP contribution in [-0.4, -0.2) is 22.6 Å². The van der Waals surface area contributed by atoms with E-state index in [0.29, 0.717) is 29.4 Å². The van der Waals surface area contributed by atoms with Gasteiger partial charge in [-0.25, -0.2) is 4.39 Å². The first-order valence-corrected chi connectivity index (χ1v) is 7.54. The van der Waals surface area contributed by atoms with E-state index in [9.17, 15) is 9.18 Å². The molecule has 3 aromatic rings. The fourth-order valence-electron chi connectivity index (χ4n) is 2.29. The summed E-state index contributed by atoms with van der Waals surface area (Å²) in [5, 5.41) is 12.5. The molecule has 3 rings (SSSR count). The van der Waals surface area contributed by atoms with Crippen molar-refractivity contribution in [2.75, 3.05) is 17.2 Å². The molecule has 0 aliphatic carbocycles. The van der Waals surface area contributed by atoms with Crippen LogP contribution in [0.15, 0.2) is 40.8 Å². The molecule has 0 radical (unpaired) electrons. The van der Waals surface area contributed by atoms with Gasteiger partial charge in [-0.2, -0.15) is 5.10 Å². The van der Waals surface area contributed by atoms with Crippen LogP contribution in [-0.2, 0) is 0 Å². The Hall–Kier alpha value is -3.09. The summed E-state index contributed by atoms with van der Waals surface area (Å²) in [5.74, 6) is 0.604. The number of hydrogen-bond donors (Lipinski definition) is 3. The van der Waals surface area contributed by atoms with Crippen LogP contribution in [0.3, 0.4) is 0 Å². The Balaban J connectivity index is 1.79. The third kappa shape index (κ3) is 3.29. The standard InChI is InChI=1S/C17H17FN4O2/c1-3-19-13-8-11(18)5-6-12(13)20-17(23)15-9-14(21-22-15)16-7-4-10(2)24-16/h4-9,19H,3H2,1-2H3,(H,20,23)(H,21,22). The van der Waals surface area contributed by atoms with Gasteiger partial charge in [-0.05, 0) is 44.2 Å². The Morgan fingerprint density at radius 1 is 1.25 bits per heavy atom.